The van der Waals surface area contributed by atoms with Crippen molar-refractivity contribution in [1.29, 1.82) is 0 Å². The highest BCUT2D eigenvalue weighted by Crippen LogP contribution is 2.23. The van der Waals surface area contributed by atoms with Crippen LogP contribution in [0.1, 0.15) is 0 Å². The fourth-order valence-corrected chi connectivity index (χ4v) is 1.96. The molecule has 1 aromatic heterocycles. The molecule has 10 heavy (non-hydrogen) atoms. The quantitative estimate of drug-likeness (QED) is 0.627. The molecule has 0 nitrogen and oxygen atoms in total. The maximum Gasteiger partial charge on any atom is 0.0349 e. The summed E-state index contributed by atoms with van der Waals surface area (Å²) in [5, 5.41) is 3.27. The number of thiophene rings is 1. The Morgan fingerprint density at radius 1 is 1.30 bits per heavy atom. The Balaban J connectivity index is 2.86. The first kappa shape index (κ1) is 6.38. The van der Waals surface area contributed by atoms with Crippen LogP contribution in [0.15, 0.2) is 28.1 Å². The molecule has 0 saturated carbocycles. The van der Waals surface area contributed by atoms with E-state index in [4.69, 9.17) is 0 Å². The molecule has 2 rings (SSSR count). The van der Waals surface area contributed by atoms with Crippen LogP contribution in [0.5, 0.6) is 0 Å². The van der Waals surface area contributed by atoms with E-state index in [0.29, 0.717) is 0 Å². The number of halogens is 1. The average molecular weight is 212 g/mol. The molecule has 1 heterocycles. The summed E-state index contributed by atoms with van der Waals surface area (Å²) in [7, 11) is 0. The smallest absolute Gasteiger partial charge is 0.0349 e. The first-order valence-electron chi connectivity index (χ1n) is 2.91. The van der Waals surface area contributed by atoms with Gasteiger partial charge in [0.15, 0.2) is 0 Å². The summed E-state index contributed by atoms with van der Waals surface area (Å²) in [5.74, 6) is 0. The molecule has 49 valence electrons. The third kappa shape index (κ3) is 0.976. The van der Waals surface area contributed by atoms with Crippen LogP contribution in [0, 0.1) is 6.07 Å². The fraction of sp³-hybridized carbons (Fsp3) is 0. The van der Waals surface area contributed by atoms with Crippen LogP contribution in [-0.4, -0.2) is 0 Å². The van der Waals surface area contributed by atoms with Gasteiger partial charge in [0.05, 0.1) is 0 Å². The Labute approximate surface area is 71.6 Å². The lowest BCUT2D eigenvalue weighted by molar-refractivity contribution is 1.75. The summed E-state index contributed by atoms with van der Waals surface area (Å²) in [4.78, 5) is 0. The second-order valence-electron chi connectivity index (χ2n) is 2.00. The van der Waals surface area contributed by atoms with Gasteiger partial charge in [-0.15, -0.1) is 11.3 Å². The summed E-state index contributed by atoms with van der Waals surface area (Å²) in [6.45, 7) is 0. The maximum absolute atomic E-state index is 3.37. The van der Waals surface area contributed by atoms with Crippen LogP contribution in [0.3, 0.4) is 0 Å². The second kappa shape index (κ2) is 2.36. The molecular formula is C8H4BrS. The zero-order valence-electron chi connectivity index (χ0n) is 5.10. The third-order valence-electron chi connectivity index (χ3n) is 1.33. The van der Waals surface area contributed by atoms with Crippen molar-refractivity contribution in [3.63, 3.8) is 0 Å². The van der Waals surface area contributed by atoms with Crippen LogP contribution in [0.25, 0.3) is 10.1 Å². The van der Waals surface area contributed by atoms with Crippen LogP contribution < -0.4 is 0 Å². The molecule has 1 radical (unpaired) electrons. The third-order valence-corrected chi connectivity index (χ3v) is 2.67. The van der Waals surface area contributed by atoms with Gasteiger partial charge in [-0.05, 0) is 23.6 Å². The molecule has 0 aliphatic carbocycles. The topological polar surface area (TPSA) is 0 Å². The minimum Gasteiger partial charge on any atom is -0.144 e. The molecule has 0 aliphatic rings. The molecule has 2 heteroatoms. The molecular weight excluding hydrogens is 208 g/mol. The van der Waals surface area contributed by atoms with Gasteiger partial charge in [0, 0.05) is 20.6 Å². The highest BCUT2D eigenvalue weighted by molar-refractivity contribution is 9.10. The first-order valence-corrected chi connectivity index (χ1v) is 4.58. The van der Waals surface area contributed by atoms with Crippen molar-refractivity contribution >= 4 is 37.4 Å². The van der Waals surface area contributed by atoms with E-state index in [1.165, 1.54) is 10.1 Å². The molecule has 0 spiro atoms. The van der Waals surface area contributed by atoms with E-state index in [-0.39, 0.29) is 0 Å². The molecule has 2 aromatic rings. The van der Waals surface area contributed by atoms with Gasteiger partial charge in [-0.25, -0.2) is 0 Å². The summed E-state index contributed by atoms with van der Waals surface area (Å²) in [6, 6.07) is 9.38. The molecule has 0 aliphatic heterocycles. The standard InChI is InChI=1S/C8H4BrS/c9-7-1-2-8-6(5-7)3-4-10-8/h1-4H. The minimum atomic E-state index is 1.03. The molecule has 0 unspecified atom stereocenters. The maximum atomic E-state index is 3.37. The number of fused-ring (bicyclic) bond motifs is 1. The molecule has 0 atom stereocenters. The van der Waals surface area contributed by atoms with E-state index in [9.17, 15) is 0 Å². The SMILES string of the molecule is Brc1[c]c2ccsc2cc1. The van der Waals surface area contributed by atoms with Crippen molar-refractivity contribution in [3.05, 3.63) is 34.1 Å². The zero-order valence-corrected chi connectivity index (χ0v) is 7.50. The summed E-state index contributed by atoms with van der Waals surface area (Å²) in [5.41, 5.74) is 0. The number of hydrogen-bond acceptors (Lipinski definition) is 1. The number of rotatable bonds is 0. The zero-order chi connectivity index (χ0) is 6.97. The Morgan fingerprint density at radius 2 is 2.20 bits per heavy atom. The Kier molecular flexibility index (Phi) is 1.51. The molecule has 1 aromatic carbocycles. The monoisotopic (exact) mass is 211 g/mol. The van der Waals surface area contributed by atoms with E-state index in [1.807, 2.05) is 6.07 Å². The Morgan fingerprint density at radius 3 is 3.10 bits per heavy atom. The van der Waals surface area contributed by atoms with E-state index in [0.717, 1.165) is 4.47 Å². The van der Waals surface area contributed by atoms with Crippen molar-refractivity contribution in [3.8, 4) is 0 Å². The van der Waals surface area contributed by atoms with Gasteiger partial charge < -0.3 is 0 Å². The second-order valence-corrected chi connectivity index (χ2v) is 3.81. The lowest BCUT2D eigenvalue weighted by Gasteiger charge is -1.87. The van der Waals surface area contributed by atoms with Gasteiger partial charge >= 0.3 is 0 Å². The van der Waals surface area contributed by atoms with Crippen molar-refractivity contribution in [2.45, 2.75) is 0 Å². The number of hydrogen-bond donors (Lipinski definition) is 0. The Hall–Kier alpha value is -0.340. The molecule has 0 N–H and O–H groups in total. The Bertz CT molecular complexity index is 351. The van der Waals surface area contributed by atoms with Crippen molar-refractivity contribution in [2.75, 3.05) is 0 Å². The molecule has 0 fully saturated rings. The fourth-order valence-electron chi connectivity index (χ4n) is 0.872. The normalized spacial score (nSPS) is 10.5. The summed E-state index contributed by atoms with van der Waals surface area (Å²) >= 11 is 5.11. The predicted molar refractivity (Wildman–Crippen MR) is 48.4 cm³/mol. The molecule has 0 amide bonds. The van der Waals surface area contributed by atoms with Gasteiger partial charge in [0.25, 0.3) is 0 Å². The van der Waals surface area contributed by atoms with Crippen molar-refractivity contribution < 1.29 is 0 Å². The van der Waals surface area contributed by atoms with Crippen LogP contribution >= 0.6 is 27.3 Å². The van der Waals surface area contributed by atoms with Crippen LogP contribution in [-0.2, 0) is 0 Å². The number of benzene rings is 1. The lowest BCUT2D eigenvalue weighted by Crippen LogP contribution is -1.63. The van der Waals surface area contributed by atoms with Crippen LogP contribution in [0.4, 0.5) is 0 Å². The van der Waals surface area contributed by atoms with Gasteiger partial charge in [-0.3, -0.25) is 0 Å². The summed E-state index contributed by atoms with van der Waals surface area (Å²) in [6.07, 6.45) is 0. The van der Waals surface area contributed by atoms with Gasteiger partial charge in [-0.2, -0.15) is 0 Å². The average Bonchev–Trinajstić information content (AvgIpc) is 2.33. The van der Waals surface area contributed by atoms with Gasteiger partial charge in [0.2, 0.25) is 0 Å². The molecule has 0 saturated heterocycles. The summed E-state index contributed by atoms with van der Waals surface area (Å²) < 4.78 is 2.32. The van der Waals surface area contributed by atoms with Crippen molar-refractivity contribution in [1.82, 2.24) is 0 Å². The van der Waals surface area contributed by atoms with Gasteiger partial charge in [0.1, 0.15) is 0 Å². The largest absolute Gasteiger partial charge is 0.144 e. The van der Waals surface area contributed by atoms with Crippen molar-refractivity contribution in [2.24, 2.45) is 0 Å². The highest BCUT2D eigenvalue weighted by Gasteiger charge is 1.93. The van der Waals surface area contributed by atoms with Gasteiger partial charge in [-0.1, -0.05) is 15.9 Å². The predicted octanol–water partition coefficient (Wildman–Crippen LogP) is 3.46. The molecule has 0 bridgehead atoms. The minimum absolute atomic E-state index is 1.03. The van der Waals surface area contributed by atoms with E-state index in [2.05, 4.69) is 39.5 Å². The van der Waals surface area contributed by atoms with E-state index >= 15 is 0 Å². The van der Waals surface area contributed by atoms with Crippen LogP contribution in [0.2, 0.25) is 0 Å². The first-order chi connectivity index (χ1) is 4.86. The highest BCUT2D eigenvalue weighted by atomic mass is 79.9. The van der Waals surface area contributed by atoms with E-state index in [1.54, 1.807) is 11.3 Å². The van der Waals surface area contributed by atoms with E-state index < -0.39 is 0 Å². The lowest BCUT2D eigenvalue weighted by atomic mass is 10.3.